The van der Waals surface area contributed by atoms with Crippen molar-refractivity contribution < 1.29 is 0 Å². The summed E-state index contributed by atoms with van der Waals surface area (Å²) in [6.07, 6.45) is 2.31. The molecule has 2 heterocycles. The zero-order valence-corrected chi connectivity index (χ0v) is 8.94. The molecule has 1 aromatic heterocycles. The molecule has 2 rings (SSSR count). The minimum atomic E-state index is 0.138. The van der Waals surface area contributed by atoms with Crippen LogP contribution in [-0.4, -0.2) is 11.2 Å². The first-order valence-corrected chi connectivity index (χ1v) is 5.14. The third-order valence-electron chi connectivity index (χ3n) is 2.61. The SMILES string of the molecule is CC(C)c1ccc2c(n1)N=CC2CC#N. The highest BCUT2D eigenvalue weighted by molar-refractivity contribution is 5.79. The van der Waals surface area contributed by atoms with Gasteiger partial charge in [-0.2, -0.15) is 5.26 Å². The fourth-order valence-electron chi connectivity index (χ4n) is 1.69. The van der Waals surface area contributed by atoms with E-state index in [1.54, 1.807) is 0 Å². The first kappa shape index (κ1) is 9.85. The largest absolute Gasteiger partial charge is 0.241 e. The van der Waals surface area contributed by atoms with Gasteiger partial charge in [-0.05, 0) is 12.0 Å². The fraction of sp³-hybridized carbons (Fsp3) is 0.417. The second-order valence-corrected chi connectivity index (χ2v) is 4.05. The van der Waals surface area contributed by atoms with Crippen LogP contribution in [0.25, 0.3) is 0 Å². The second-order valence-electron chi connectivity index (χ2n) is 4.05. The first-order valence-electron chi connectivity index (χ1n) is 5.14. The van der Waals surface area contributed by atoms with Gasteiger partial charge in [-0.3, -0.25) is 0 Å². The van der Waals surface area contributed by atoms with Gasteiger partial charge >= 0.3 is 0 Å². The van der Waals surface area contributed by atoms with E-state index in [-0.39, 0.29) is 5.92 Å². The highest BCUT2D eigenvalue weighted by atomic mass is 14.9. The van der Waals surface area contributed by atoms with E-state index >= 15 is 0 Å². The van der Waals surface area contributed by atoms with Crippen LogP contribution < -0.4 is 0 Å². The van der Waals surface area contributed by atoms with Crippen LogP contribution >= 0.6 is 0 Å². The van der Waals surface area contributed by atoms with Gasteiger partial charge in [0.2, 0.25) is 0 Å². The molecule has 3 nitrogen and oxygen atoms in total. The lowest BCUT2D eigenvalue weighted by molar-refractivity contribution is 0.819. The normalized spacial score (nSPS) is 17.9. The number of pyridine rings is 1. The maximum absolute atomic E-state index is 8.66. The maximum atomic E-state index is 8.66. The van der Waals surface area contributed by atoms with E-state index in [9.17, 15) is 0 Å². The molecule has 1 atom stereocenters. The molecule has 0 radical (unpaired) electrons. The van der Waals surface area contributed by atoms with Crippen LogP contribution in [0.5, 0.6) is 0 Å². The molecule has 0 bridgehead atoms. The van der Waals surface area contributed by atoms with Crippen LogP contribution in [0.1, 0.15) is 43.4 Å². The van der Waals surface area contributed by atoms with Crippen molar-refractivity contribution in [1.29, 1.82) is 5.26 Å². The Hall–Kier alpha value is -1.69. The van der Waals surface area contributed by atoms with Gasteiger partial charge in [0.15, 0.2) is 5.82 Å². The molecule has 0 spiro atoms. The quantitative estimate of drug-likeness (QED) is 0.735. The van der Waals surface area contributed by atoms with Crippen molar-refractivity contribution in [2.75, 3.05) is 0 Å². The molecule has 1 unspecified atom stereocenters. The Balaban J connectivity index is 2.34. The van der Waals surface area contributed by atoms with Gasteiger partial charge in [-0.15, -0.1) is 0 Å². The van der Waals surface area contributed by atoms with E-state index in [0.29, 0.717) is 12.3 Å². The fourth-order valence-corrected chi connectivity index (χ4v) is 1.69. The molecule has 0 aromatic carbocycles. The second kappa shape index (κ2) is 3.82. The van der Waals surface area contributed by atoms with E-state index in [1.165, 1.54) is 0 Å². The van der Waals surface area contributed by atoms with Gasteiger partial charge in [0.1, 0.15) is 0 Å². The molecule has 0 aliphatic carbocycles. The summed E-state index contributed by atoms with van der Waals surface area (Å²) in [5.41, 5.74) is 2.14. The summed E-state index contributed by atoms with van der Waals surface area (Å²) in [6.45, 7) is 4.22. The highest BCUT2D eigenvalue weighted by Gasteiger charge is 2.20. The lowest BCUT2D eigenvalue weighted by Gasteiger charge is -2.08. The number of nitrogens with zero attached hydrogens (tertiary/aromatic N) is 3. The molecule has 0 fully saturated rings. The molecule has 1 aromatic rings. The molecule has 76 valence electrons. The van der Waals surface area contributed by atoms with Crippen molar-refractivity contribution in [1.82, 2.24) is 4.98 Å². The summed E-state index contributed by atoms with van der Waals surface area (Å²) in [4.78, 5) is 8.73. The smallest absolute Gasteiger partial charge is 0.155 e. The Kier molecular flexibility index (Phi) is 2.51. The predicted molar refractivity (Wildman–Crippen MR) is 59.4 cm³/mol. The minimum absolute atomic E-state index is 0.138. The molecule has 0 saturated carbocycles. The van der Waals surface area contributed by atoms with E-state index in [1.807, 2.05) is 18.3 Å². The summed E-state index contributed by atoms with van der Waals surface area (Å²) in [5, 5.41) is 8.66. The van der Waals surface area contributed by atoms with Crippen LogP contribution in [0, 0.1) is 11.3 Å². The zero-order valence-electron chi connectivity index (χ0n) is 8.94. The predicted octanol–water partition coefficient (Wildman–Crippen LogP) is 2.92. The summed E-state index contributed by atoms with van der Waals surface area (Å²) in [5.74, 6) is 1.35. The van der Waals surface area contributed by atoms with E-state index < -0.39 is 0 Å². The Morgan fingerprint density at radius 1 is 1.47 bits per heavy atom. The van der Waals surface area contributed by atoms with Gasteiger partial charge in [0.05, 0.1) is 6.07 Å². The van der Waals surface area contributed by atoms with Crippen molar-refractivity contribution in [3.63, 3.8) is 0 Å². The number of aromatic nitrogens is 1. The molecule has 0 saturated heterocycles. The molecule has 0 N–H and O–H groups in total. The number of hydrogen-bond donors (Lipinski definition) is 0. The molecule has 0 amide bonds. The average molecular weight is 199 g/mol. The van der Waals surface area contributed by atoms with E-state index in [0.717, 1.165) is 17.1 Å². The summed E-state index contributed by atoms with van der Waals surface area (Å²) >= 11 is 0. The Morgan fingerprint density at radius 3 is 2.93 bits per heavy atom. The van der Waals surface area contributed by atoms with Gasteiger partial charge in [0, 0.05) is 29.8 Å². The number of rotatable bonds is 2. The Morgan fingerprint density at radius 2 is 2.27 bits per heavy atom. The summed E-state index contributed by atoms with van der Waals surface area (Å²) in [7, 11) is 0. The standard InChI is InChI=1S/C12H13N3/c1-8(2)11-4-3-10-9(5-6-13)7-14-12(10)15-11/h3-4,7-9H,5H2,1-2H3. The maximum Gasteiger partial charge on any atom is 0.155 e. The first-order chi connectivity index (χ1) is 7.22. The number of fused-ring (bicyclic) bond motifs is 1. The van der Waals surface area contributed by atoms with Crippen molar-refractivity contribution in [3.8, 4) is 6.07 Å². The lowest BCUT2D eigenvalue weighted by atomic mass is 9.99. The average Bonchev–Trinajstić information content (AvgIpc) is 2.61. The highest BCUT2D eigenvalue weighted by Crippen LogP contribution is 2.33. The third kappa shape index (κ3) is 1.75. The number of hydrogen-bond acceptors (Lipinski definition) is 3. The van der Waals surface area contributed by atoms with Gasteiger partial charge in [-0.1, -0.05) is 19.9 Å². The van der Waals surface area contributed by atoms with Gasteiger partial charge < -0.3 is 0 Å². The van der Waals surface area contributed by atoms with Gasteiger partial charge in [-0.25, -0.2) is 9.98 Å². The van der Waals surface area contributed by atoms with Crippen molar-refractivity contribution in [2.45, 2.75) is 32.1 Å². The minimum Gasteiger partial charge on any atom is -0.241 e. The van der Waals surface area contributed by atoms with Crippen LogP contribution in [0.15, 0.2) is 17.1 Å². The summed E-state index contributed by atoms with van der Waals surface area (Å²) in [6, 6.07) is 6.25. The lowest BCUT2D eigenvalue weighted by Crippen LogP contribution is -1.97. The van der Waals surface area contributed by atoms with Crippen LogP contribution in [0.2, 0.25) is 0 Å². The van der Waals surface area contributed by atoms with Crippen molar-refractivity contribution in [3.05, 3.63) is 23.4 Å². The van der Waals surface area contributed by atoms with Crippen LogP contribution in [0.4, 0.5) is 5.82 Å². The monoisotopic (exact) mass is 199 g/mol. The molecular weight excluding hydrogens is 186 g/mol. The Bertz CT molecular complexity index is 441. The molecule has 3 heteroatoms. The Labute approximate surface area is 89.5 Å². The zero-order chi connectivity index (χ0) is 10.8. The number of nitriles is 1. The van der Waals surface area contributed by atoms with E-state index in [4.69, 9.17) is 5.26 Å². The topological polar surface area (TPSA) is 49.0 Å². The molecule has 1 aliphatic rings. The summed E-state index contributed by atoms with van der Waals surface area (Å²) < 4.78 is 0. The molecule has 15 heavy (non-hydrogen) atoms. The molecular formula is C12H13N3. The number of aliphatic imine (C=N–C) groups is 1. The van der Waals surface area contributed by atoms with E-state index in [2.05, 4.69) is 29.9 Å². The van der Waals surface area contributed by atoms with Gasteiger partial charge in [0.25, 0.3) is 0 Å². The van der Waals surface area contributed by atoms with Crippen LogP contribution in [0.3, 0.4) is 0 Å². The van der Waals surface area contributed by atoms with Crippen molar-refractivity contribution >= 4 is 12.0 Å². The van der Waals surface area contributed by atoms with Crippen molar-refractivity contribution in [2.24, 2.45) is 4.99 Å². The third-order valence-corrected chi connectivity index (χ3v) is 2.61. The molecule has 1 aliphatic heterocycles. The van der Waals surface area contributed by atoms with Crippen LogP contribution in [-0.2, 0) is 0 Å².